The lowest BCUT2D eigenvalue weighted by atomic mass is 9.95. The van der Waals surface area contributed by atoms with Gasteiger partial charge in [-0.15, -0.1) is 0 Å². The van der Waals surface area contributed by atoms with Crippen LogP contribution in [0.3, 0.4) is 0 Å². The van der Waals surface area contributed by atoms with Gasteiger partial charge in [0.15, 0.2) is 0 Å². The monoisotopic (exact) mass is 477 g/mol. The molecule has 5 rings (SSSR count). The predicted octanol–water partition coefficient (Wildman–Crippen LogP) is 4.27. The minimum atomic E-state index is -0.176. The summed E-state index contributed by atoms with van der Waals surface area (Å²) < 4.78 is 16.2. The molecule has 2 fully saturated rings. The Bertz CT molecular complexity index is 1180. The quantitative estimate of drug-likeness (QED) is 0.548. The van der Waals surface area contributed by atoms with Gasteiger partial charge in [-0.25, -0.2) is 19.3 Å². The fraction of sp³-hybridized carbons (Fsp3) is 0.519. The molecule has 186 valence electrons. The van der Waals surface area contributed by atoms with Crippen LogP contribution in [-0.2, 0) is 13.0 Å². The number of anilines is 2. The van der Waals surface area contributed by atoms with E-state index in [1.165, 1.54) is 13.1 Å². The van der Waals surface area contributed by atoms with Crippen molar-refractivity contribution in [2.75, 3.05) is 43.4 Å². The van der Waals surface area contributed by atoms with E-state index in [1.54, 1.807) is 12.4 Å². The van der Waals surface area contributed by atoms with Crippen molar-refractivity contribution in [1.29, 1.82) is 0 Å². The molecule has 0 atom stereocenters. The molecule has 2 aliphatic rings. The number of aryl methyl sites for hydroxylation is 1. The van der Waals surface area contributed by atoms with Crippen LogP contribution < -0.4 is 10.6 Å². The Morgan fingerprint density at radius 2 is 1.89 bits per heavy atom. The molecule has 35 heavy (non-hydrogen) atoms. The number of halogens is 1. The molecule has 2 aliphatic heterocycles. The zero-order valence-corrected chi connectivity index (χ0v) is 21.0. The fourth-order valence-corrected chi connectivity index (χ4v) is 5.52. The summed E-state index contributed by atoms with van der Waals surface area (Å²) in [6, 6.07) is 5.28. The van der Waals surface area contributed by atoms with E-state index in [-0.39, 0.29) is 5.82 Å². The summed E-state index contributed by atoms with van der Waals surface area (Å²) in [5.41, 5.74) is 9.71. The van der Waals surface area contributed by atoms with Crippen LogP contribution in [0.15, 0.2) is 30.7 Å². The van der Waals surface area contributed by atoms with E-state index in [4.69, 9.17) is 10.7 Å². The third kappa shape index (κ3) is 4.89. The number of aromatic nitrogens is 4. The van der Waals surface area contributed by atoms with Gasteiger partial charge in [-0.05, 0) is 55.9 Å². The second-order valence-corrected chi connectivity index (χ2v) is 10.2. The van der Waals surface area contributed by atoms with Gasteiger partial charge in [0.1, 0.15) is 29.6 Å². The molecule has 8 heteroatoms. The lowest BCUT2D eigenvalue weighted by Gasteiger charge is -2.37. The van der Waals surface area contributed by atoms with Gasteiger partial charge in [-0.2, -0.15) is 0 Å². The molecule has 0 radical (unpaired) electrons. The summed E-state index contributed by atoms with van der Waals surface area (Å²) in [7, 11) is 0. The normalized spacial score (nSPS) is 17.7. The molecule has 1 aromatic carbocycles. The minimum absolute atomic E-state index is 0.176. The van der Waals surface area contributed by atoms with Crippen molar-refractivity contribution in [2.45, 2.75) is 52.5 Å². The minimum Gasteiger partial charge on any atom is -0.383 e. The third-order valence-corrected chi connectivity index (χ3v) is 7.53. The van der Waals surface area contributed by atoms with Gasteiger partial charge in [0.2, 0.25) is 0 Å². The number of likely N-dealkylation sites (tertiary alicyclic amines) is 1. The lowest BCUT2D eigenvalue weighted by molar-refractivity contribution is 0.108. The Kier molecular flexibility index (Phi) is 6.73. The van der Waals surface area contributed by atoms with Gasteiger partial charge in [0.05, 0.1) is 5.69 Å². The number of imidazole rings is 1. The highest BCUT2D eigenvalue weighted by molar-refractivity contribution is 5.60. The van der Waals surface area contributed by atoms with Gasteiger partial charge in [0.25, 0.3) is 0 Å². The first kappa shape index (κ1) is 23.7. The standard InChI is InChI=1S/C27H36FN7/c1-4-22-25(29)30-17-31-27(22)34-9-7-20(8-10-34)26-32-24(21-5-6-23(28)19(3)13-21)16-35(26)12-11-33-14-18(2)15-33/h5-6,13,16-18,20H,4,7-12,14-15H2,1-3H3,(H2,29,30,31). The molecule has 7 nitrogen and oxygen atoms in total. The van der Waals surface area contributed by atoms with Crippen LogP contribution in [0.2, 0.25) is 0 Å². The van der Waals surface area contributed by atoms with Crippen LogP contribution >= 0.6 is 0 Å². The van der Waals surface area contributed by atoms with E-state index in [1.807, 2.05) is 19.1 Å². The molecular weight excluding hydrogens is 441 g/mol. The zero-order chi connectivity index (χ0) is 24.5. The first-order valence-electron chi connectivity index (χ1n) is 12.8. The Hall–Kier alpha value is -3.00. The van der Waals surface area contributed by atoms with Crippen LogP contribution in [0.1, 0.15) is 49.6 Å². The van der Waals surface area contributed by atoms with Crippen molar-refractivity contribution in [1.82, 2.24) is 24.4 Å². The number of rotatable bonds is 7. The van der Waals surface area contributed by atoms with Gasteiger partial charge >= 0.3 is 0 Å². The molecule has 0 bridgehead atoms. The average Bonchev–Trinajstić information content (AvgIpc) is 3.27. The summed E-state index contributed by atoms with van der Waals surface area (Å²) in [5, 5.41) is 0. The highest BCUT2D eigenvalue weighted by Gasteiger charge is 2.28. The molecule has 2 aromatic heterocycles. The van der Waals surface area contributed by atoms with Crippen molar-refractivity contribution < 1.29 is 4.39 Å². The smallest absolute Gasteiger partial charge is 0.137 e. The van der Waals surface area contributed by atoms with Gasteiger partial charge in [-0.3, -0.25) is 0 Å². The largest absolute Gasteiger partial charge is 0.383 e. The number of benzene rings is 1. The molecular formula is C27H36FN7. The van der Waals surface area contributed by atoms with Crippen LogP contribution in [0, 0.1) is 18.7 Å². The Morgan fingerprint density at radius 3 is 2.57 bits per heavy atom. The first-order valence-corrected chi connectivity index (χ1v) is 12.8. The van der Waals surface area contributed by atoms with Crippen molar-refractivity contribution in [3.05, 3.63) is 53.5 Å². The SMILES string of the molecule is CCc1c(N)ncnc1N1CCC(c2nc(-c3ccc(F)c(C)c3)cn2CCN2CC(C)C2)CC1. The molecule has 2 saturated heterocycles. The Balaban J connectivity index is 1.36. The van der Waals surface area contributed by atoms with E-state index in [0.29, 0.717) is 17.3 Å². The van der Waals surface area contributed by atoms with E-state index in [2.05, 4.69) is 44.4 Å². The molecule has 0 amide bonds. The van der Waals surface area contributed by atoms with Crippen LogP contribution in [0.25, 0.3) is 11.3 Å². The Labute approximate surface area is 207 Å². The van der Waals surface area contributed by atoms with Gasteiger partial charge in [0, 0.05) is 62.5 Å². The number of hydrogen-bond acceptors (Lipinski definition) is 6. The molecule has 4 heterocycles. The molecule has 2 N–H and O–H groups in total. The summed E-state index contributed by atoms with van der Waals surface area (Å²) in [5.74, 6) is 3.69. The first-order chi connectivity index (χ1) is 16.9. The predicted molar refractivity (Wildman–Crippen MR) is 138 cm³/mol. The highest BCUT2D eigenvalue weighted by Crippen LogP contribution is 2.33. The maximum absolute atomic E-state index is 13.9. The van der Waals surface area contributed by atoms with Crippen molar-refractivity contribution >= 4 is 11.6 Å². The lowest BCUT2D eigenvalue weighted by Crippen LogP contribution is -2.46. The van der Waals surface area contributed by atoms with E-state index in [0.717, 1.165) is 79.8 Å². The van der Waals surface area contributed by atoms with Crippen molar-refractivity contribution in [2.24, 2.45) is 5.92 Å². The molecule has 3 aromatic rings. The zero-order valence-electron chi connectivity index (χ0n) is 21.0. The third-order valence-electron chi connectivity index (χ3n) is 7.53. The molecule has 0 saturated carbocycles. The fourth-order valence-electron chi connectivity index (χ4n) is 5.52. The number of nitrogens with zero attached hydrogens (tertiary/aromatic N) is 6. The molecule has 0 unspecified atom stereocenters. The second kappa shape index (κ2) is 9.93. The van der Waals surface area contributed by atoms with Gasteiger partial charge in [-0.1, -0.05) is 13.8 Å². The topological polar surface area (TPSA) is 76.1 Å². The van der Waals surface area contributed by atoms with Crippen molar-refractivity contribution in [3.8, 4) is 11.3 Å². The van der Waals surface area contributed by atoms with Crippen LogP contribution in [0.4, 0.5) is 16.0 Å². The summed E-state index contributed by atoms with van der Waals surface area (Å²) in [4.78, 5) is 18.7. The maximum Gasteiger partial charge on any atom is 0.137 e. The number of nitrogens with two attached hydrogens (primary N) is 1. The molecule has 0 spiro atoms. The van der Waals surface area contributed by atoms with E-state index >= 15 is 0 Å². The number of hydrogen-bond donors (Lipinski definition) is 1. The van der Waals surface area contributed by atoms with Crippen molar-refractivity contribution in [3.63, 3.8) is 0 Å². The average molecular weight is 478 g/mol. The van der Waals surface area contributed by atoms with E-state index < -0.39 is 0 Å². The molecule has 0 aliphatic carbocycles. The number of nitrogen functional groups attached to an aromatic ring is 1. The van der Waals surface area contributed by atoms with Crippen LogP contribution in [-0.4, -0.2) is 57.1 Å². The number of piperidine rings is 1. The summed E-state index contributed by atoms with van der Waals surface area (Å²) in [6.45, 7) is 12.3. The Morgan fingerprint density at radius 1 is 1.11 bits per heavy atom. The summed E-state index contributed by atoms with van der Waals surface area (Å²) in [6.07, 6.45) is 6.56. The van der Waals surface area contributed by atoms with Gasteiger partial charge < -0.3 is 20.1 Å². The maximum atomic E-state index is 13.9. The second-order valence-electron chi connectivity index (χ2n) is 10.2. The highest BCUT2D eigenvalue weighted by atomic mass is 19.1. The summed E-state index contributed by atoms with van der Waals surface area (Å²) >= 11 is 0. The van der Waals surface area contributed by atoms with Crippen LogP contribution in [0.5, 0.6) is 0 Å². The van der Waals surface area contributed by atoms with E-state index in [9.17, 15) is 4.39 Å².